The average Bonchev–Trinajstić information content (AvgIpc) is 3.43. The minimum Gasteiger partial charge on any atom is -0.353 e. The van der Waals surface area contributed by atoms with Crippen LogP contribution >= 0.6 is 0 Å². The summed E-state index contributed by atoms with van der Waals surface area (Å²) in [5, 5.41) is 3.98. The molecule has 0 unspecified atom stereocenters. The summed E-state index contributed by atoms with van der Waals surface area (Å²) in [7, 11) is -3.73. The molecule has 4 heterocycles. The minimum atomic E-state index is -3.73. The van der Waals surface area contributed by atoms with Crippen molar-refractivity contribution in [1.29, 1.82) is 0 Å². The molecular formula is C26H32N6O4S. The van der Waals surface area contributed by atoms with E-state index in [1.807, 2.05) is 30.0 Å². The number of benzene rings is 1. The van der Waals surface area contributed by atoms with E-state index >= 15 is 0 Å². The lowest BCUT2D eigenvalue weighted by Gasteiger charge is -2.38. The fourth-order valence-electron chi connectivity index (χ4n) is 4.97. The number of rotatable bonds is 6. The number of anilines is 1. The monoisotopic (exact) mass is 524 g/mol. The zero-order chi connectivity index (χ0) is 26.0. The second kappa shape index (κ2) is 10.6. The number of piperazine rings is 1. The number of pyridine rings is 1. The van der Waals surface area contributed by atoms with E-state index in [0.717, 1.165) is 18.9 Å². The lowest BCUT2D eigenvalue weighted by atomic mass is 9.96. The molecule has 2 saturated heterocycles. The van der Waals surface area contributed by atoms with Crippen molar-refractivity contribution in [2.24, 2.45) is 5.92 Å². The Kier molecular flexibility index (Phi) is 7.25. The Labute approximate surface area is 217 Å². The number of hydrogen-bond acceptors (Lipinski definition) is 8. The summed E-state index contributed by atoms with van der Waals surface area (Å²) in [5.74, 6) is 1.77. The normalized spacial score (nSPS) is 17.8. The van der Waals surface area contributed by atoms with Crippen LogP contribution in [0.5, 0.6) is 0 Å². The Morgan fingerprint density at radius 3 is 2.46 bits per heavy atom. The molecule has 1 amide bonds. The number of hydrogen-bond donors (Lipinski definition) is 0. The number of nitrogens with zero attached hydrogens (tertiary/aromatic N) is 6. The highest BCUT2D eigenvalue weighted by Gasteiger charge is 2.35. The van der Waals surface area contributed by atoms with Crippen LogP contribution in [-0.2, 0) is 21.2 Å². The third-order valence-corrected chi connectivity index (χ3v) is 9.24. The zero-order valence-corrected chi connectivity index (χ0v) is 22.0. The Bertz CT molecular complexity index is 1340. The first-order valence-electron chi connectivity index (χ1n) is 12.8. The molecule has 1 aromatic carbocycles. The fraction of sp³-hybridized carbons (Fsp3) is 0.462. The molecule has 0 aliphatic carbocycles. The molecule has 37 heavy (non-hydrogen) atoms. The zero-order valence-electron chi connectivity index (χ0n) is 21.2. The standard InChI is InChI=1S/C26H32N6O4S/c1-3-24-28-25(29-36-24)21-8-7-19(2)22(18-21)37(34,35)32-12-9-20(10-13-32)26(33)31-16-14-30(15-17-31)23-6-4-5-11-27-23/h4-8,11,18,20H,3,9-10,12-17H2,1-2H3. The highest BCUT2D eigenvalue weighted by molar-refractivity contribution is 7.89. The van der Waals surface area contributed by atoms with Gasteiger partial charge in [0.25, 0.3) is 0 Å². The first-order valence-corrected chi connectivity index (χ1v) is 14.2. The molecule has 0 spiro atoms. The second-order valence-corrected chi connectivity index (χ2v) is 11.4. The Balaban J connectivity index is 1.21. The summed E-state index contributed by atoms with van der Waals surface area (Å²) < 4.78 is 33.8. The molecule has 2 fully saturated rings. The Morgan fingerprint density at radius 2 is 1.81 bits per heavy atom. The van der Waals surface area contributed by atoms with E-state index in [1.165, 1.54) is 4.31 Å². The highest BCUT2D eigenvalue weighted by Crippen LogP contribution is 2.30. The number of aromatic nitrogens is 3. The third kappa shape index (κ3) is 5.24. The molecule has 11 heteroatoms. The van der Waals surface area contributed by atoms with Crippen LogP contribution in [0.25, 0.3) is 11.4 Å². The lowest BCUT2D eigenvalue weighted by Crippen LogP contribution is -2.52. The van der Waals surface area contributed by atoms with Gasteiger partial charge in [0.1, 0.15) is 5.82 Å². The summed E-state index contributed by atoms with van der Waals surface area (Å²) in [6.45, 7) is 7.12. The van der Waals surface area contributed by atoms with Crippen LogP contribution in [0.15, 0.2) is 52.0 Å². The number of carbonyl (C=O) groups is 1. The molecule has 0 bridgehead atoms. The van der Waals surface area contributed by atoms with Gasteiger partial charge >= 0.3 is 0 Å². The fourth-order valence-corrected chi connectivity index (χ4v) is 6.69. The smallest absolute Gasteiger partial charge is 0.243 e. The van der Waals surface area contributed by atoms with Gasteiger partial charge in [-0.1, -0.05) is 30.3 Å². The number of aryl methyl sites for hydroxylation is 2. The van der Waals surface area contributed by atoms with E-state index in [1.54, 1.807) is 31.3 Å². The van der Waals surface area contributed by atoms with Gasteiger partial charge in [-0.3, -0.25) is 4.79 Å². The summed E-state index contributed by atoms with van der Waals surface area (Å²) in [4.78, 5) is 26.3. The van der Waals surface area contributed by atoms with Gasteiger partial charge < -0.3 is 14.3 Å². The second-order valence-electron chi connectivity index (χ2n) is 9.52. The first-order chi connectivity index (χ1) is 17.9. The maximum absolute atomic E-state index is 13.6. The van der Waals surface area contributed by atoms with Crippen molar-refractivity contribution in [3.63, 3.8) is 0 Å². The molecule has 0 radical (unpaired) electrons. The van der Waals surface area contributed by atoms with Gasteiger partial charge in [-0.2, -0.15) is 9.29 Å². The maximum atomic E-state index is 13.6. The molecule has 2 aliphatic heterocycles. The van der Waals surface area contributed by atoms with Crippen LogP contribution in [0.2, 0.25) is 0 Å². The van der Waals surface area contributed by atoms with Crippen molar-refractivity contribution in [2.75, 3.05) is 44.2 Å². The molecule has 196 valence electrons. The van der Waals surface area contributed by atoms with Crippen molar-refractivity contribution < 1.29 is 17.7 Å². The quantitative estimate of drug-likeness (QED) is 0.484. The van der Waals surface area contributed by atoms with Crippen LogP contribution in [0, 0.1) is 12.8 Å². The van der Waals surface area contributed by atoms with E-state index in [2.05, 4.69) is 20.0 Å². The van der Waals surface area contributed by atoms with Crippen molar-refractivity contribution in [3.8, 4) is 11.4 Å². The molecule has 2 aromatic heterocycles. The molecule has 10 nitrogen and oxygen atoms in total. The number of carbonyl (C=O) groups excluding carboxylic acids is 1. The van der Waals surface area contributed by atoms with Crippen LogP contribution in [0.1, 0.15) is 31.2 Å². The molecule has 0 saturated carbocycles. The summed E-state index contributed by atoms with van der Waals surface area (Å²) in [6, 6.07) is 11.0. The molecule has 0 atom stereocenters. The third-order valence-electron chi connectivity index (χ3n) is 7.20. The largest absolute Gasteiger partial charge is 0.353 e. The van der Waals surface area contributed by atoms with Crippen LogP contribution in [0.3, 0.4) is 0 Å². The summed E-state index contributed by atoms with van der Waals surface area (Å²) in [5.41, 5.74) is 1.26. The SMILES string of the molecule is CCc1nc(-c2ccc(C)c(S(=O)(=O)N3CCC(C(=O)N4CCN(c5ccccn5)CC4)CC3)c2)no1. The van der Waals surface area contributed by atoms with Crippen molar-refractivity contribution in [1.82, 2.24) is 24.3 Å². The van der Waals surface area contributed by atoms with Crippen molar-refractivity contribution in [2.45, 2.75) is 38.0 Å². The van der Waals surface area contributed by atoms with E-state index in [0.29, 0.717) is 68.3 Å². The first kappa shape index (κ1) is 25.3. The molecule has 3 aromatic rings. The van der Waals surface area contributed by atoms with E-state index in [9.17, 15) is 13.2 Å². The van der Waals surface area contributed by atoms with E-state index in [-0.39, 0.29) is 16.7 Å². The highest BCUT2D eigenvalue weighted by atomic mass is 32.2. The van der Waals surface area contributed by atoms with Gasteiger partial charge in [0.15, 0.2) is 0 Å². The molecular weight excluding hydrogens is 492 g/mol. The lowest BCUT2D eigenvalue weighted by molar-refractivity contribution is -0.137. The summed E-state index contributed by atoms with van der Waals surface area (Å²) >= 11 is 0. The maximum Gasteiger partial charge on any atom is 0.243 e. The average molecular weight is 525 g/mol. The van der Waals surface area contributed by atoms with Gasteiger partial charge in [-0.15, -0.1) is 0 Å². The van der Waals surface area contributed by atoms with Crippen molar-refractivity contribution >= 4 is 21.7 Å². The summed E-state index contributed by atoms with van der Waals surface area (Å²) in [6.07, 6.45) is 3.42. The number of piperidine rings is 1. The minimum absolute atomic E-state index is 0.125. The van der Waals surface area contributed by atoms with Crippen LogP contribution < -0.4 is 4.90 Å². The van der Waals surface area contributed by atoms with Gasteiger partial charge in [0, 0.05) is 63.4 Å². The molecule has 5 rings (SSSR count). The predicted octanol–water partition coefficient (Wildman–Crippen LogP) is 2.75. The van der Waals surface area contributed by atoms with Crippen molar-refractivity contribution in [3.05, 3.63) is 54.0 Å². The van der Waals surface area contributed by atoms with E-state index in [4.69, 9.17) is 4.52 Å². The number of sulfonamides is 1. The Hall–Kier alpha value is -3.31. The van der Waals surface area contributed by atoms with Gasteiger partial charge in [-0.05, 0) is 43.5 Å². The van der Waals surface area contributed by atoms with Gasteiger partial charge in [0.05, 0.1) is 4.90 Å². The van der Waals surface area contributed by atoms with E-state index < -0.39 is 10.0 Å². The van der Waals surface area contributed by atoms with Crippen LogP contribution in [0.4, 0.5) is 5.82 Å². The number of amides is 1. The van der Waals surface area contributed by atoms with Gasteiger partial charge in [-0.25, -0.2) is 13.4 Å². The van der Waals surface area contributed by atoms with Crippen LogP contribution in [-0.4, -0.2) is 77.9 Å². The predicted molar refractivity (Wildman–Crippen MR) is 138 cm³/mol. The van der Waals surface area contributed by atoms with Gasteiger partial charge in [0.2, 0.25) is 27.6 Å². The Morgan fingerprint density at radius 1 is 1.05 bits per heavy atom. The molecule has 0 N–H and O–H groups in total. The topological polar surface area (TPSA) is 113 Å². The molecule has 2 aliphatic rings.